The SMILES string of the molecule is [CH2]c1ccc(OC(Cl)(Cl)Cl)c(OCC)c1. The van der Waals surface area contributed by atoms with E-state index in [1.165, 1.54) is 0 Å². The van der Waals surface area contributed by atoms with Crippen molar-refractivity contribution < 1.29 is 9.47 Å². The minimum absolute atomic E-state index is 0.379. The zero-order valence-electron chi connectivity index (χ0n) is 8.10. The van der Waals surface area contributed by atoms with Gasteiger partial charge in [0.15, 0.2) is 11.5 Å². The van der Waals surface area contributed by atoms with Gasteiger partial charge in [0.2, 0.25) is 0 Å². The Morgan fingerprint density at radius 1 is 1.27 bits per heavy atom. The van der Waals surface area contributed by atoms with Gasteiger partial charge >= 0.3 is 3.98 Å². The summed E-state index contributed by atoms with van der Waals surface area (Å²) in [6.45, 7) is 6.12. The Balaban J connectivity index is 2.95. The van der Waals surface area contributed by atoms with E-state index < -0.39 is 3.98 Å². The van der Waals surface area contributed by atoms with Crippen LogP contribution in [-0.4, -0.2) is 10.6 Å². The highest BCUT2D eigenvalue weighted by Crippen LogP contribution is 2.36. The number of hydrogen-bond acceptors (Lipinski definition) is 2. The van der Waals surface area contributed by atoms with Gasteiger partial charge in [-0.25, -0.2) is 0 Å². The second-order valence-corrected chi connectivity index (χ2v) is 4.94. The lowest BCUT2D eigenvalue weighted by Crippen LogP contribution is -2.13. The quantitative estimate of drug-likeness (QED) is 0.772. The summed E-state index contributed by atoms with van der Waals surface area (Å²) in [5, 5.41) is 0. The smallest absolute Gasteiger partial charge is 0.338 e. The molecule has 0 amide bonds. The van der Waals surface area contributed by atoms with E-state index in [9.17, 15) is 0 Å². The average molecular weight is 269 g/mol. The highest BCUT2D eigenvalue weighted by atomic mass is 35.6. The van der Waals surface area contributed by atoms with Gasteiger partial charge in [-0.2, -0.15) is 0 Å². The lowest BCUT2D eigenvalue weighted by atomic mass is 10.2. The molecule has 0 aromatic heterocycles. The number of benzene rings is 1. The minimum Gasteiger partial charge on any atom is -0.490 e. The Morgan fingerprint density at radius 3 is 2.47 bits per heavy atom. The van der Waals surface area contributed by atoms with Crippen molar-refractivity contribution >= 4 is 34.8 Å². The number of ether oxygens (including phenoxy) is 2. The molecule has 0 heterocycles. The third-order valence-electron chi connectivity index (χ3n) is 1.53. The van der Waals surface area contributed by atoms with E-state index in [-0.39, 0.29) is 0 Å². The molecule has 0 N–H and O–H groups in total. The molecule has 0 fully saturated rings. The molecule has 83 valence electrons. The van der Waals surface area contributed by atoms with Crippen LogP contribution in [-0.2, 0) is 0 Å². The van der Waals surface area contributed by atoms with Crippen LogP contribution in [0.5, 0.6) is 11.5 Å². The molecule has 1 aromatic carbocycles. The van der Waals surface area contributed by atoms with Gasteiger partial charge in [0.05, 0.1) is 6.61 Å². The molecule has 0 aliphatic carbocycles. The summed E-state index contributed by atoms with van der Waals surface area (Å²) in [7, 11) is 0. The lowest BCUT2D eigenvalue weighted by Gasteiger charge is -2.17. The van der Waals surface area contributed by atoms with Crippen LogP contribution in [0.25, 0.3) is 0 Å². The van der Waals surface area contributed by atoms with Crippen molar-refractivity contribution in [3.05, 3.63) is 30.7 Å². The third kappa shape index (κ3) is 4.37. The van der Waals surface area contributed by atoms with Crippen LogP contribution >= 0.6 is 34.8 Å². The molecule has 0 atom stereocenters. The van der Waals surface area contributed by atoms with Gasteiger partial charge in [-0.15, -0.1) is 0 Å². The van der Waals surface area contributed by atoms with Gasteiger partial charge in [-0.3, -0.25) is 0 Å². The first-order valence-corrected chi connectivity index (χ1v) is 5.40. The maximum Gasteiger partial charge on any atom is 0.338 e. The molecule has 0 bridgehead atoms. The maximum absolute atomic E-state index is 5.52. The van der Waals surface area contributed by atoms with Crippen molar-refractivity contribution in [3.63, 3.8) is 0 Å². The fourth-order valence-electron chi connectivity index (χ4n) is 1.03. The zero-order valence-corrected chi connectivity index (χ0v) is 10.4. The largest absolute Gasteiger partial charge is 0.490 e. The molecule has 0 saturated heterocycles. The van der Waals surface area contributed by atoms with Crippen molar-refractivity contribution in [2.45, 2.75) is 10.9 Å². The van der Waals surface area contributed by atoms with Gasteiger partial charge in [0.1, 0.15) is 0 Å². The van der Waals surface area contributed by atoms with Crippen LogP contribution in [0.3, 0.4) is 0 Å². The fourth-order valence-corrected chi connectivity index (χ4v) is 1.28. The van der Waals surface area contributed by atoms with E-state index in [0.717, 1.165) is 5.56 Å². The van der Waals surface area contributed by atoms with Crippen LogP contribution in [0.4, 0.5) is 0 Å². The Morgan fingerprint density at radius 2 is 1.93 bits per heavy atom. The fraction of sp³-hybridized carbons (Fsp3) is 0.300. The Labute approximate surface area is 104 Å². The normalized spacial score (nSPS) is 11.3. The molecule has 1 aromatic rings. The molecule has 1 radical (unpaired) electrons. The molecular formula is C10H10Cl3O2. The number of rotatable bonds is 3. The Kier molecular flexibility index (Phi) is 4.38. The molecule has 0 saturated carbocycles. The summed E-state index contributed by atoms with van der Waals surface area (Å²) in [6.07, 6.45) is 0. The molecule has 2 nitrogen and oxygen atoms in total. The zero-order chi connectivity index (χ0) is 11.5. The first kappa shape index (κ1) is 12.8. The van der Waals surface area contributed by atoms with Crippen molar-refractivity contribution in [1.82, 2.24) is 0 Å². The second-order valence-electron chi connectivity index (χ2n) is 2.76. The van der Waals surface area contributed by atoms with Crippen molar-refractivity contribution in [2.75, 3.05) is 6.61 Å². The molecule has 15 heavy (non-hydrogen) atoms. The molecule has 1 rings (SSSR count). The van der Waals surface area contributed by atoms with Crippen molar-refractivity contribution in [2.24, 2.45) is 0 Å². The predicted octanol–water partition coefficient (Wildman–Crippen LogP) is 3.97. The summed E-state index contributed by atoms with van der Waals surface area (Å²) in [6, 6.07) is 5.11. The summed E-state index contributed by atoms with van der Waals surface area (Å²) in [4.78, 5) is 0. The van der Waals surface area contributed by atoms with Gasteiger partial charge in [0, 0.05) is 0 Å². The van der Waals surface area contributed by atoms with E-state index >= 15 is 0 Å². The summed E-state index contributed by atoms with van der Waals surface area (Å²) in [5.74, 6) is 0.889. The first-order chi connectivity index (χ1) is 6.92. The van der Waals surface area contributed by atoms with Gasteiger partial charge in [-0.05, 0) is 66.3 Å². The maximum atomic E-state index is 5.52. The lowest BCUT2D eigenvalue weighted by molar-refractivity contribution is 0.277. The van der Waals surface area contributed by atoms with Crippen LogP contribution in [0.15, 0.2) is 18.2 Å². The standard InChI is InChI=1S/C10H10Cl3O2/c1-3-14-9-6-7(2)4-5-8(9)15-10(11,12)13/h4-6H,2-3H2,1H3. The highest BCUT2D eigenvalue weighted by Gasteiger charge is 2.23. The minimum atomic E-state index is -1.80. The van der Waals surface area contributed by atoms with E-state index in [1.807, 2.05) is 6.92 Å². The molecule has 5 heteroatoms. The van der Waals surface area contributed by atoms with Gasteiger partial charge < -0.3 is 9.47 Å². The summed E-state index contributed by atoms with van der Waals surface area (Å²) < 4.78 is 8.61. The van der Waals surface area contributed by atoms with E-state index in [1.54, 1.807) is 18.2 Å². The average Bonchev–Trinajstić information content (AvgIpc) is 2.08. The molecule has 0 spiro atoms. The monoisotopic (exact) mass is 267 g/mol. The van der Waals surface area contributed by atoms with Crippen molar-refractivity contribution in [3.8, 4) is 11.5 Å². The Bertz CT molecular complexity index is 334. The van der Waals surface area contributed by atoms with Gasteiger partial charge in [0.25, 0.3) is 0 Å². The molecule has 0 aliphatic rings. The first-order valence-electron chi connectivity index (χ1n) is 4.27. The third-order valence-corrected chi connectivity index (χ3v) is 1.77. The number of alkyl halides is 3. The van der Waals surface area contributed by atoms with E-state index in [2.05, 4.69) is 6.92 Å². The van der Waals surface area contributed by atoms with Gasteiger partial charge in [-0.1, -0.05) is 6.07 Å². The van der Waals surface area contributed by atoms with E-state index in [4.69, 9.17) is 44.3 Å². The molecular weight excluding hydrogens is 258 g/mol. The topological polar surface area (TPSA) is 18.5 Å². The molecule has 0 unspecified atom stereocenters. The van der Waals surface area contributed by atoms with E-state index in [0.29, 0.717) is 18.1 Å². The summed E-state index contributed by atoms with van der Waals surface area (Å²) in [5.41, 5.74) is 0.801. The Hall–Kier alpha value is -0.310. The highest BCUT2D eigenvalue weighted by molar-refractivity contribution is 6.66. The van der Waals surface area contributed by atoms with Crippen LogP contribution in [0, 0.1) is 6.92 Å². The number of hydrogen-bond donors (Lipinski definition) is 0. The molecule has 0 aliphatic heterocycles. The predicted molar refractivity (Wildman–Crippen MR) is 63.0 cm³/mol. The summed E-state index contributed by atoms with van der Waals surface area (Å²) >= 11 is 16.6. The number of halogens is 3. The van der Waals surface area contributed by atoms with Crippen LogP contribution < -0.4 is 9.47 Å². The second kappa shape index (κ2) is 5.15. The van der Waals surface area contributed by atoms with Crippen LogP contribution in [0.1, 0.15) is 12.5 Å². The van der Waals surface area contributed by atoms with Crippen molar-refractivity contribution in [1.29, 1.82) is 0 Å². The van der Waals surface area contributed by atoms with Crippen LogP contribution in [0.2, 0.25) is 0 Å².